The summed E-state index contributed by atoms with van der Waals surface area (Å²) < 4.78 is 5.80. The standard InChI is InChI=1S/C15H25NO/c1-4-15(3,17-5-2)14(16)12-11-13-9-7-6-8-10-13/h6-10,14H,4-5,11-12,16H2,1-3H3. The van der Waals surface area contributed by atoms with Crippen LogP contribution in [-0.2, 0) is 11.2 Å². The number of hydrogen-bond acceptors (Lipinski definition) is 2. The number of rotatable bonds is 7. The van der Waals surface area contributed by atoms with Crippen LogP contribution < -0.4 is 5.73 Å². The summed E-state index contributed by atoms with van der Waals surface area (Å²) in [6, 6.07) is 10.6. The summed E-state index contributed by atoms with van der Waals surface area (Å²) in [5.74, 6) is 0. The van der Waals surface area contributed by atoms with Crippen LogP contribution in [0.1, 0.15) is 39.2 Å². The summed E-state index contributed by atoms with van der Waals surface area (Å²) in [4.78, 5) is 0. The van der Waals surface area contributed by atoms with Crippen LogP contribution in [0, 0.1) is 0 Å². The summed E-state index contributed by atoms with van der Waals surface area (Å²) in [7, 11) is 0. The van der Waals surface area contributed by atoms with E-state index >= 15 is 0 Å². The topological polar surface area (TPSA) is 35.2 Å². The fourth-order valence-electron chi connectivity index (χ4n) is 2.07. The third-order valence-electron chi connectivity index (χ3n) is 3.55. The second kappa shape index (κ2) is 6.77. The number of benzene rings is 1. The van der Waals surface area contributed by atoms with E-state index in [1.807, 2.05) is 13.0 Å². The van der Waals surface area contributed by atoms with Crippen LogP contribution in [0.25, 0.3) is 0 Å². The van der Waals surface area contributed by atoms with Crippen molar-refractivity contribution in [1.29, 1.82) is 0 Å². The molecule has 0 fully saturated rings. The Morgan fingerprint density at radius 3 is 2.41 bits per heavy atom. The van der Waals surface area contributed by atoms with Gasteiger partial charge in [0.15, 0.2) is 0 Å². The molecule has 0 radical (unpaired) electrons. The molecule has 0 bridgehead atoms. The first kappa shape index (κ1) is 14.2. The molecule has 1 rings (SSSR count). The largest absolute Gasteiger partial charge is 0.374 e. The van der Waals surface area contributed by atoms with Crippen molar-refractivity contribution >= 4 is 0 Å². The van der Waals surface area contributed by atoms with E-state index in [4.69, 9.17) is 10.5 Å². The molecule has 96 valence electrons. The Hall–Kier alpha value is -0.860. The van der Waals surface area contributed by atoms with Gasteiger partial charge in [-0.25, -0.2) is 0 Å². The van der Waals surface area contributed by atoms with E-state index in [1.54, 1.807) is 0 Å². The Morgan fingerprint density at radius 2 is 1.88 bits per heavy atom. The summed E-state index contributed by atoms with van der Waals surface area (Å²) in [5, 5.41) is 0. The van der Waals surface area contributed by atoms with Gasteiger partial charge in [-0.15, -0.1) is 0 Å². The molecule has 0 saturated carbocycles. The zero-order chi connectivity index (χ0) is 12.7. The number of nitrogens with two attached hydrogens (primary N) is 1. The molecule has 1 aromatic rings. The van der Waals surface area contributed by atoms with Gasteiger partial charge < -0.3 is 10.5 Å². The van der Waals surface area contributed by atoms with Gasteiger partial charge in [-0.2, -0.15) is 0 Å². The lowest BCUT2D eigenvalue weighted by Crippen LogP contribution is -2.47. The molecule has 0 heterocycles. The molecule has 2 nitrogen and oxygen atoms in total. The van der Waals surface area contributed by atoms with Crippen molar-refractivity contribution in [2.24, 2.45) is 5.73 Å². The SMILES string of the molecule is CCOC(C)(CC)C(N)CCc1ccccc1. The van der Waals surface area contributed by atoms with E-state index < -0.39 is 0 Å². The van der Waals surface area contributed by atoms with E-state index in [1.165, 1.54) is 5.56 Å². The highest BCUT2D eigenvalue weighted by Crippen LogP contribution is 2.22. The summed E-state index contributed by atoms with van der Waals surface area (Å²) >= 11 is 0. The molecule has 0 aliphatic carbocycles. The summed E-state index contributed by atoms with van der Waals surface area (Å²) in [6.45, 7) is 7.01. The average Bonchev–Trinajstić information content (AvgIpc) is 2.37. The van der Waals surface area contributed by atoms with Crippen LogP contribution in [-0.4, -0.2) is 18.2 Å². The van der Waals surface area contributed by atoms with Gasteiger partial charge in [0.25, 0.3) is 0 Å². The first-order chi connectivity index (χ1) is 8.12. The molecule has 0 spiro atoms. The van der Waals surface area contributed by atoms with E-state index in [2.05, 4.69) is 38.1 Å². The van der Waals surface area contributed by atoms with Crippen molar-refractivity contribution in [3.63, 3.8) is 0 Å². The second-order valence-corrected chi connectivity index (χ2v) is 4.73. The highest BCUT2D eigenvalue weighted by Gasteiger charge is 2.29. The van der Waals surface area contributed by atoms with Gasteiger partial charge in [-0.1, -0.05) is 37.3 Å². The van der Waals surface area contributed by atoms with E-state index in [0.717, 1.165) is 25.9 Å². The molecule has 2 unspecified atom stereocenters. The molecule has 0 saturated heterocycles. The van der Waals surface area contributed by atoms with Crippen molar-refractivity contribution in [2.45, 2.75) is 51.7 Å². The quantitative estimate of drug-likeness (QED) is 0.788. The molecule has 17 heavy (non-hydrogen) atoms. The van der Waals surface area contributed by atoms with Gasteiger partial charge in [-0.05, 0) is 38.7 Å². The minimum absolute atomic E-state index is 0.0904. The zero-order valence-corrected chi connectivity index (χ0v) is 11.3. The highest BCUT2D eigenvalue weighted by molar-refractivity contribution is 5.15. The molecule has 2 atom stereocenters. The van der Waals surface area contributed by atoms with Crippen molar-refractivity contribution < 1.29 is 4.74 Å². The monoisotopic (exact) mass is 235 g/mol. The predicted octanol–water partition coefficient (Wildman–Crippen LogP) is 3.15. The van der Waals surface area contributed by atoms with Crippen molar-refractivity contribution in [3.05, 3.63) is 35.9 Å². The molecule has 1 aromatic carbocycles. The molecule has 2 N–H and O–H groups in total. The smallest absolute Gasteiger partial charge is 0.0802 e. The minimum Gasteiger partial charge on any atom is -0.374 e. The average molecular weight is 235 g/mol. The summed E-state index contributed by atoms with van der Waals surface area (Å²) in [5.41, 5.74) is 7.43. The van der Waals surface area contributed by atoms with Gasteiger partial charge in [0, 0.05) is 12.6 Å². The van der Waals surface area contributed by atoms with E-state index in [9.17, 15) is 0 Å². The predicted molar refractivity (Wildman–Crippen MR) is 73.1 cm³/mol. The second-order valence-electron chi connectivity index (χ2n) is 4.73. The third-order valence-corrected chi connectivity index (χ3v) is 3.55. The molecule has 0 aromatic heterocycles. The molecule has 0 aliphatic rings. The Kier molecular flexibility index (Phi) is 5.66. The van der Waals surface area contributed by atoms with Gasteiger partial charge >= 0.3 is 0 Å². The molecule has 2 heteroatoms. The number of aryl methyl sites for hydroxylation is 1. The molecule has 0 amide bonds. The Balaban J connectivity index is 2.50. The minimum atomic E-state index is -0.191. The van der Waals surface area contributed by atoms with Crippen LogP contribution in [0.5, 0.6) is 0 Å². The first-order valence-electron chi connectivity index (χ1n) is 6.56. The van der Waals surface area contributed by atoms with Gasteiger partial charge in [0.05, 0.1) is 5.60 Å². The fraction of sp³-hybridized carbons (Fsp3) is 0.600. The molecular formula is C15H25NO. The third kappa shape index (κ3) is 4.14. The number of hydrogen-bond donors (Lipinski definition) is 1. The lowest BCUT2D eigenvalue weighted by atomic mass is 9.89. The maximum absolute atomic E-state index is 6.27. The van der Waals surface area contributed by atoms with Crippen LogP contribution in [0.2, 0.25) is 0 Å². The zero-order valence-electron chi connectivity index (χ0n) is 11.3. The van der Waals surface area contributed by atoms with Gasteiger partial charge in [0.2, 0.25) is 0 Å². The van der Waals surface area contributed by atoms with Gasteiger partial charge in [-0.3, -0.25) is 0 Å². The van der Waals surface area contributed by atoms with Gasteiger partial charge in [0.1, 0.15) is 0 Å². The van der Waals surface area contributed by atoms with Crippen molar-refractivity contribution in [2.75, 3.05) is 6.61 Å². The Bertz CT molecular complexity index is 312. The normalized spacial score (nSPS) is 16.5. The van der Waals surface area contributed by atoms with Crippen LogP contribution >= 0.6 is 0 Å². The van der Waals surface area contributed by atoms with Crippen LogP contribution in [0.3, 0.4) is 0 Å². The maximum atomic E-state index is 6.27. The number of ether oxygens (including phenoxy) is 1. The highest BCUT2D eigenvalue weighted by atomic mass is 16.5. The van der Waals surface area contributed by atoms with Crippen LogP contribution in [0.4, 0.5) is 0 Å². The van der Waals surface area contributed by atoms with Crippen molar-refractivity contribution in [1.82, 2.24) is 0 Å². The van der Waals surface area contributed by atoms with Crippen molar-refractivity contribution in [3.8, 4) is 0 Å². The van der Waals surface area contributed by atoms with E-state index in [0.29, 0.717) is 0 Å². The van der Waals surface area contributed by atoms with Crippen LogP contribution in [0.15, 0.2) is 30.3 Å². The maximum Gasteiger partial charge on any atom is 0.0802 e. The summed E-state index contributed by atoms with van der Waals surface area (Å²) in [6.07, 6.45) is 2.94. The molecular weight excluding hydrogens is 210 g/mol. The Morgan fingerprint density at radius 1 is 1.24 bits per heavy atom. The van der Waals surface area contributed by atoms with E-state index in [-0.39, 0.29) is 11.6 Å². The lowest BCUT2D eigenvalue weighted by molar-refractivity contribution is -0.0478. The molecule has 0 aliphatic heterocycles. The lowest BCUT2D eigenvalue weighted by Gasteiger charge is -2.34. The fourth-order valence-corrected chi connectivity index (χ4v) is 2.07. The first-order valence-corrected chi connectivity index (χ1v) is 6.56. The Labute approximate surface area is 105 Å².